The lowest BCUT2D eigenvalue weighted by molar-refractivity contribution is -0.119. The average Bonchev–Trinajstić information content (AvgIpc) is 3.01. The van der Waals surface area contributed by atoms with Gasteiger partial charge in [-0.05, 0) is 51.9 Å². The van der Waals surface area contributed by atoms with Crippen molar-refractivity contribution in [2.24, 2.45) is 0 Å². The molecule has 2 atom stereocenters. The minimum absolute atomic E-state index is 0.231. The van der Waals surface area contributed by atoms with E-state index >= 15 is 0 Å². The summed E-state index contributed by atoms with van der Waals surface area (Å²) in [5.41, 5.74) is -0.231. The molecule has 18 heavy (non-hydrogen) atoms. The quantitative estimate of drug-likeness (QED) is 0.761. The fourth-order valence-electron chi connectivity index (χ4n) is 3.51. The molecule has 0 radical (unpaired) electrons. The van der Waals surface area contributed by atoms with E-state index in [1.165, 1.54) is 25.7 Å². The van der Waals surface area contributed by atoms with Gasteiger partial charge < -0.3 is 14.6 Å². The highest BCUT2D eigenvalue weighted by molar-refractivity contribution is 4.93. The van der Waals surface area contributed by atoms with Gasteiger partial charge in [-0.15, -0.1) is 0 Å². The van der Waals surface area contributed by atoms with Crippen molar-refractivity contribution in [3.8, 4) is 0 Å². The molecule has 0 bridgehead atoms. The van der Waals surface area contributed by atoms with Crippen LogP contribution in [0.4, 0.5) is 0 Å². The molecule has 3 heteroatoms. The van der Waals surface area contributed by atoms with E-state index in [-0.39, 0.29) is 11.7 Å². The summed E-state index contributed by atoms with van der Waals surface area (Å²) >= 11 is 0. The first-order chi connectivity index (χ1) is 8.77. The molecule has 2 rings (SSSR count). The summed E-state index contributed by atoms with van der Waals surface area (Å²) in [6.45, 7) is 3.66. The summed E-state index contributed by atoms with van der Waals surface area (Å²) < 4.78 is 11.5. The standard InChI is InChI=1S/C15H28O3/c1-2-18-15(10-3-4-11-15)14(16)9-5-7-13-8-6-12-17-13/h13-14,16H,2-12H2,1H3. The first-order valence-electron chi connectivity index (χ1n) is 7.70. The zero-order valence-electron chi connectivity index (χ0n) is 11.7. The van der Waals surface area contributed by atoms with E-state index in [2.05, 4.69) is 0 Å². The highest BCUT2D eigenvalue weighted by Crippen LogP contribution is 2.38. The van der Waals surface area contributed by atoms with Gasteiger partial charge in [0.05, 0.1) is 17.8 Å². The Labute approximate surface area is 111 Å². The molecule has 106 valence electrons. The topological polar surface area (TPSA) is 38.7 Å². The Morgan fingerprint density at radius 2 is 2.11 bits per heavy atom. The Hall–Kier alpha value is -0.120. The lowest BCUT2D eigenvalue weighted by Gasteiger charge is -2.34. The number of aliphatic hydroxyl groups is 1. The third-order valence-corrected chi connectivity index (χ3v) is 4.52. The lowest BCUT2D eigenvalue weighted by atomic mass is 9.90. The van der Waals surface area contributed by atoms with Crippen LogP contribution in [0.3, 0.4) is 0 Å². The monoisotopic (exact) mass is 256 g/mol. The van der Waals surface area contributed by atoms with Crippen LogP contribution < -0.4 is 0 Å². The van der Waals surface area contributed by atoms with Crippen molar-refractivity contribution in [1.29, 1.82) is 0 Å². The molecule has 2 aliphatic rings. The molecule has 2 fully saturated rings. The van der Waals surface area contributed by atoms with Crippen molar-refractivity contribution in [3.63, 3.8) is 0 Å². The summed E-state index contributed by atoms with van der Waals surface area (Å²) in [6.07, 6.45) is 10.0. The van der Waals surface area contributed by atoms with Crippen LogP contribution in [0.5, 0.6) is 0 Å². The minimum atomic E-state index is -0.290. The summed E-state index contributed by atoms with van der Waals surface area (Å²) in [6, 6.07) is 0. The Kier molecular flexibility index (Phi) is 5.46. The Morgan fingerprint density at radius 3 is 2.72 bits per heavy atom. The van der Waals surface area contributed by atoms with Crippen LogP contribution in [-0.2, 0) is 9.47 Å². The second-order valence-corrected chi connectivity index (χ2v) is 5.79. The molecule has 1 saturated carbocycles. The number of rotatable bonds is 7. The fourth-order valence-corrected chi connectivity index (χ4v) is 3.51. The number of hydrogen-bond acceptors (Lipinski definition) is 3. The number of aliphatic hydroxyl groups excluding tert-OH is 1. The predicted octanol–water partition coefficient (Wildman–Crippen LogP) is 3.05. The van der Waals surface area contributed by atoms with Gasteiger partial charge in [0.1, 0.15) is 0 Å². The lowest BCUT2D eigenvalue weighted by Crippen LogP contribution is -2.42. The average molecular weight is 256 g/mol. The van der Waals surface area contributed by atoms with Gasteiger partial charge in [-0.25, -0.2) is 0 Å². The van der Waals surface area contributed by atoms with E-state index in [1.807, 2.05) is 6.92 Å². The first kappa shape index (κ1) is 14.3. The van der Waals surface area contributed by atoms with Crippen LogP contribution >= 0.6 is 0 Å². The maximum absolute atomic E-state index is 10.4. The molecule has 1 N–H and O–H groups in total. The Bertz CT molecular complexity index is 230. The van der Waals surface area contributed by atoms with Gasteiger partial charge >= 0.3 is 0 Å². The molecule has 1 heterocycles. The van der Waals surface area contributed by atoms with Crippen molar-refractivity contribution < 1.29 is 14.6 Å². The van der Waals surface area contributed by atoms with Crippen molar-refractivity contribution in [3.05, 3.63) is 0 Å². The molecule has 2 unspecified atom stereocenters. The minimum Gasteiger partial charge on any atom is -0.390 e. The molecular weight excluding hydrogens is 228 g/mol. The Balaban J connectivity index is 1.72. The normalized spacial score (nSPS) is 28.7. The van der Waals surface area contributed by atoms with E-state index in [4.69, 9.17) is 9.47 Å². The molecule has 3 nitrogen and oxygen atoms in total. The smallest absolute Gasteiger partial charge is 0.0939 e. The van der Waals surface area contributed by atoms with Gasteiger partial charge in [-0.3, -0.25) is 0 Å². The third-order valence-electron chi connectivity index (χ3n) is 4.52. The van der Waals surface area contributed by atoms with Gasteiger partial charge in [0.25, 0.3) is 0 Å². The van der Waals surface area contributed by atoms with Crippen molar-refractivity contribution in [2.45, 2.75) is 82.5 Å². The summed E-state index contributed by atoms with van der Waals surface area (Å²) in [5.74, 6) is 0. The second kappa shape index (κ2) is 6.88. The van der Waals surface area contributed by atoms with Crippen LogP contribution in [0.2, 0.25) is 0 Å². The van der Waals surface area contributed by atoms with Gasteiger partial charge in [-0.2, -0.15) is 0 Å². The molecule has 1 aliphatic heterocycles. The number of hydrogen-bond donors (Lipinski definition) is 1. The van der Waals surface area contributed by atoms with Crippen molar-refractivity contribution in [2.75, 3.05) is 13.2 Å². The molecule has 0 aromatic rings. The summed E-state index contributed by atoms with van der Waals surface area (Å²) in [5, 5.41) is 10.4. The van der Waals surface area contributed by atoms with Gasteiger partial charge in [0.15, 0.2) is 0 Å². The zero-order chi connectivity index (χ0) is 12.8. The van der Waals surface area contributed by atoms with Gasteiger partial charge in [0, 0.05) is 13.2 Å². The van der Waals surface area contributed by atoms with Crippen molar-refractivity contribution >= 4 is 0 Å². The van der Waals surface area contributed by atoms with Crippen LogP contribution in [0.1, 0.15) is 64.7 Å². The predicted molar refractivity (Wildman–Crippen MR) is 71.7 cm³/mol. The van der Waals surface area contributed by atoms with Gasteiger partial charge in [0.2, 0.25) is 0 Å². The van der Waals surface area contributed by atoms with Crippen molar-refractivity contribution in [1.82, 2.24) is 0 Å². The number of ether oxygens (including phenoxy) is 2. The maximum Gasteiger partial charge on any atom is 0.0939 e. The molecule has 0 amide bonds. The van der Waals surface area contributed by atoms with Crippen LogP contribution in [-0.4, -0.2) is 36.1 Å². The van der Waals surface area contributed by atoms with E-state index in [0.717, 1.165) is 38.7 Å². The van der Waals surface area contributed by atoms with Crippen LogP contribution in [0, 0.1) is 0 Å². The molecule has 0 spiro atoms. The summed E-state index contributed by atoms with van der Waals surface area (Å²) in [4.78, 5) is 0. The molecule has 0 aromatic carbocycles. The zero-order valence-corrected chi connectivity index (χ0v) is 11.7. The highest BCUT2D eigenvalue weighted by atomic mass is 16.5. The largest absolute Gasteiger partial charge is 0.390 e. The molecule has 1 aliphatic carbocycles. The Morgan fingerprint density at radius 1 is 1.33 bits per heavy atom. The molecular formula is C15H28O3. The third kappa shape index (κ3) is 3.46. The van der Waals surface area contributed by atoms with Crippen LogP contribution in [0.15, 0.2) is 0 Å². The molecule has 0 aromatic heterocycles. The highest BCUT2D eigenvalue weighted by Gasteiger charge is 2.40. The van der Waals surface area contributed by atoms with Crippen LogP contribution in [0.25, 0.3) is 0 Å². The van der Waals surface area contributed by atoms with Gasteiger partial charge in [-0.1, -0.05) is 12.8 Å². The summed E-state index contributed by atoms with van der Waals surface area (Å²) in [7, 11) is 0. The fraction of sp³-hybridized carbons (Fsp3) is 1.00. The molecule has 1 saturated heterocycles. The van der Waals surface area contributed by atoms with E-state index < -0.39 is 0 Å². The maximum atomic E-state index is 10.4. The SMILES string of the molecule is CCOC1(C(O)CCCC2CCCO2)CCCC1. The first-order valence-corrected chi connectivity index (χ1v) is 7.70. The second-order valence-electron chi connectivity index (χ2n) is 5.79. The van der Waals surface area contributed by atoms with E-state index in [1.54, 1.807) is 0 Å². The van der Waals surface area contributed by atoms with E-state index in [0.29, 0.717) is 12.7 Å². The van der Waals surface area contributed by atoms with E-state index in [9.17, 15) is 5.11 Å².